The Labute approximate surface area is 196 Å². The Hall–Kier alpha value is -4.20. The molecule has 172 valence electrons. The third-order valence-corrected chi connectivity index (χ3v) is 5.78. The topological polar surface area (TPSA) is 78.0 Å². The van der Waals surface area contributed by atoms with E-state index in [1.54, 1.807) is 19.7 Å². The molecule has 0 aliphatic heterocycles. The second-order valence-electron chi connectivity index (χ2n) is 8.02. The Bertz CT molecular complexity index is 1460. The summed E-state index contributed by atoms with van der Waals surface area (Å²) in [4.78, 5) is 13.1. The lowest BCUT2D eigenvalue weighted by atomic mass is 10.1. The van der Waals surface area contributed by atoms with E-state index in [1.807, 2.05) is 50.2 Å². The van der Waals surface area contributed by atoms with Gasteiger partial charge in [0.05, 0.1) is 18.3 Å². The second kappa shape index (κ2) is 8.97. The SMILES string of the molecule is COc1cc(F)cc2c1cc(C)n2CCNc1cc(-c2ccc(-c3coc(C)n3)cc2)ncn1. The van der Waals surface area contributed by atoms with E-state index in [4.69, 9.17) is 9.15 Å². The van der Waals surface area contributed by atoms with Crippen LogP contribution in [-0.2, 0) is 6.54 Å². The van der Waals surface area contributed by atoms with Gasteiger partial charge in [0.2, 0.25) is 0 Å². The molecule has 2 aromatic carbocycles. The summed E-state index contributed by atoms with van der Waals surface area (Å²) in [6.07, 6.45) is 3.19. The van der Waals surface area contributed by atoms with Crippen molar-refractivity contribution < 1.29 is 13.5 Å². The van der Waals surface area contributed by atoms with E-state index < -0.39 is 0 Å². The average Bonchev–Trinajstić information content (AvgIpc) is 3.42. The zero-order chi connectivity index (χ0) is 23.7. The van der Waals surface area contributed by atoms with Gasteiger partial charge in [0.15, 0.2) is 5.89 Å². The lowest BCUT2D eigenvalue weighted by Crippen LogP contribution is -2.12. The van der Waals surface area contributed by atoms with Gasteiger partial charge in [-0.25, -0.2) is 19.3 Å². The first-order chi connectivity index (χ1) is 16.5. The molecule has 34 heavy (non-hydrogen) atoms. The van der Waals surface area contributed by atoms with E-state index in [2.05, 4.69) is 24.8 Å². The standard InChI is InChI=1S/C26H24FN5O2/c1-16-10-21-24(11-20(27)12-25(21)33-3)32(16)9-8-28-26-13-22(29-15-30-26)18-4-6-19(7-5-18)23-14-34-17(2)31-23/h4-7,10-15H,8-9H2,1-3H3,(H,28,29,30). The molecule has 0 radical (unpaired) electrons. The van der Waals surface area contributed by atoms with E-state index in [1.165, 1.54) is 12.1 Å². The van der Waals surface area contributed by atoms with E-state index >= 15 is 0 Å². The van der Waals surface area contributed by atoms with Crippen LogP contribution in [0.5, 0.6) is 5.75 Å². The number of anilines is 1. The first-order valence-corrected chi connectivity index (χ1v) is 10.9. The third-order valence-electron chi connectivity index (χ3n) is 5.78. The number of hydrogen-bond donors (Lipinski definition) is 1. The van der Waals surface area contributed by atoms with Gasteiger partial charge in [-0.3, -0.25) is 0 Å². The smallest absolute Gasteiger partial charge is 0.191 e. The number of halogens is 1. The van der Waals surface area contributed by atoms with E-state index in [-0.39, 0.29) is 5.82 Å². The molecular formula is C26H24FN5O2. The van der Waals surface area contributed by atoms with Gasteiger partial charge in [-0.1, -0.05) is 24.3 Å². The van der Waals surface area contributed by atoms with Crippen molar-refractivity contribution in [3.8, 4) is 28.3 Å². The van der Waals surface area contributed by atoms with Crippen LogP contribution in [0.25, 0.3) is 33.4 Å². The molecule has 0 unspecified atom stereocenters. The predicted octanol–water partition coefficient (Wildman–Crippen LogP) is 5.63. The molecule has 8 heteroatoms. The van der Waals surface area contributed by atoms with Gasteiger partial charge in [0.25, 0.3) is 0 Å². The largest absolute Gasteiger partial charge is 0.496 e. The summed E-state index contributed by atoms with van der Waals surface area (Å²) in [6.45, 7) is 5.09. The Morgan fingerprint density at radius 2 is 1.76 bits per heavy atom. The Morgan fingerprint density at radius 1 is 1.00 bits per heavy atom. The molecule has 0 fully saturated rings. The maximum absolute atomic E-state index is 14.1. The number of nitrogens with zero attached hydrogens (tertiary/aromatic N) is 4. The molecular weight excluding hydrogens is 433 g/mol. The van der Waals surface area contributed by atoms with Crippen LogP contribution in [0.15, 0.2) is 65.5 Å². The molecule has 0 saturated heterocycles. The summed E-state index contributed by atoms with van der Waals surface area (Å²) < 4.78 is 26.8. The molecule has 5 rings (SSSR count). The highest BCUT2D eigenvalue weighted by atomic mass is 19.1. The van der Waals surface area contributed by atoms with Crippen molar-refractivity contribution in [1.29, 1.82) is 0 Å². The highest BCUT2D eigenvalue weighted by Crippen LogP contribution is 2.30. The Balaban J connectivity index is 1.30. The molecule has 5 aromatic rings. The van der Waals surface area contributed by atoms with Crippen molar-refractivity contribution in [2.45, 2.75) is 20.4 Å². The number of aryl methyl sites for hydroxylation is 2. The minimum atomic E-state index is -0.318. The number of hydrogen-bond acceptors (Lipinski definition) is 6. The predicted molar refractivity (Wildman–Crippen MR) is 129 cm³/mol. The van der Waals surface area contributed by atoms with Crippen LogP contribution in [0.1, 0.15) is 11.6 Å². The van der Waals surface area contributed by atoms with Gasteiger partial charge in [0, 0.05) is 54.4 Å². The van der Waals surface area contributed by atoms with E-state index in [9.17, 15) is 4.39 Å². The molecule has 0 bridgehead atoms. The van der Waals surface area contributed by atoms with Crippen LogP contribution in [0.2, 0.25) is 0 Å². The monoisotopic (exact) mass is 457 g/mol. The van der Waals surface area contributed by atoms with Gasteiger partial charge >= 0.3 is 0 Å². The molecule has 0 saturated carbocycles. The van der Waals surface area contributed by atoms with Gasteiger partial charge in [-0.05, 0) is 19.1 Å². The van der Waals surface area contributed by atoms with Crippen LogP contribution in [-0.4, -0.2) is 33.2 Å². The summed E-state index contributed by atoms with van der Waals surface area (Å²) in [7, 11) is 1.55. The molecule has 0 aliphatic rings. The quantitative estimate of drug-likeness (QED) is 0.341. The van der Waals surface area contributed by atoms with Crippen molar-refractivity contribution in [3.63, 3.8) is 0 Å². The number of oxazole rings is 1. The molecule has 7 nitrogen and oxygen atoms in total. The zero-order valence-corrected chi connectivity index (χ0v) is 19.2. The van der Waals surface area contributed by atoms with Crippen LogP contribution >= 0.6 is 0 Å². The first kappa shape index (κ1) is 21.6. The number of nitrogens with one attached hydrogen (secondary N) is 1. The van der Waals surface area contributed by atoms with Crippen molar-refractivity contribution >= 4 is 16.7 Å². The molecule has 0 spiro atoms. The van der Waals surface area contributed by atoms with Crippen LogP contribution in [0.3, 0.4) is 0 Å². The zero-order valence-electron chi connectivity index (χ0n) is 19.2. The highest BCUT2D eigenvalue weighted by Gasteiger charge is 2.12. The third kappa shape index (κ3) is 4.22. The second-order valence-corrected chi connectivity index (χ2v) is 8.02. The van der Waals surface area contributed by atoms with Crippen molar-refractivity contribution in [2.24, 2.45) is 0 Å². The fourth-order valence-electron chi connectivity index (χ4n) is 4.11. The molecule has 3 heterocycles. The first-order valence-electron chi connectivity index (χ1n) is 10.9. The van der Waals surface area contributed by atoms with Crippen LogP contribution in [0, 0.1) is 19.7 Å². The lowest BCUT2D eigenvalue weighted by Gasteiger charge is -2.11. The number of fused-ring (bicyclic) bond motifs is 1. The van der Waals surface area contributed by atoms with Crippen molar-refractivity contribution in [1.82, 2.24) is 19.5 Å². The summed E-state index contributed by atoms with van der Waals surface area (Å²) in [5, 5.41) is 4.25. The summed E-state index contributed by atoms with van der Waals surface area (Å²) >= 11 is 0. The van der Waals surface area contributed by atoms with E-state index in [0.29, 0.717) is 24.7 Å². The molecule has 0 atom stereocenters. The number of aromatic nitrogens is 4. The fraction of sp³-hybridized carbons (Fsp3) is 0.192. The summed E-state index contributed by atoms with van der Waals surface area (Å²) in [5.74, 6) is 1.58. The maximum atomic E-state index is 14.1. The van der Waals surface area contributed by atoms with Gasteiger partial charge in [-0.2, -0.15) is 0 Å². The van der Waals surface area contributed by atoms with Gasteiger partial charge < -0.3 is 19.0 Å². The van der Waals surface area contributed by atoms with Crippen molar-refractivity contribution in [2.75, 3.05) is 19.0 Å². The minimum absolute atomic E-state index is 0.318. The number of benzene rings is 2. The van der Waals surface area contributed by atoms with Crippen molar-refractivity contribution in [3.05, 3.63) is 78.5 Å². The summed E-state index contributed by atoms with van der Waals surface area (Å²) in [5.41, 5.74) is 5.42. The normalized spacial score (nSPS) is 11.2. The summed E-state index contributed by atoms with van der Waals surface area (Å²) in [6, 6.07) is 14.9. The maximum Gasteiger partial charge on any atom is 0.191 e. The van der Waals surface area contributed by atoms with E-state index in [0.717, 1.165) is 44.9 Å². The highest BCUT2D eigenvalue weighted by molar-refractivity contribution is 5.87. The average molecular weight is 458 g/mol. The molecule has 3 aromatic heterocycles. The number of methoxy groups -OCH3 is 1. The molecule has 1 N–H and O–H groups in total. The molecule has 0 amide bonds. The fourth-order valence-corrected chi connectivity index (χ4v) is 4.11. The van der Waals surface area contributed by atoms with Gasteiger partial charge in [-0.15, -0.1) is 0 Å². The van der Waals surface area contributed by atoms with Gasteiger partial charge in [0.1, 0.15) is 35.7 Å². The minimum Gasteiger partial charge on any atom is -0.496 e. The Morgan fingerprint density at radius 3 is 2.47 bits per heavy atom. The Kier molecular flexibility index (Phi) is 5.71. The number of ether oxygens (including phenoxy) is 1. The van der Waals surface area contributed by atoms with Crippen LogP contribution < -0.4 is 10.1 Å². The number of rotatable bonds is 7. The molecule has 0 aliphatic carbocycles. The lowest BCUT2D eigenvalue weighted by molar-refractivity contribution is 0.416. The van der Waals surface area contributed by atoms with Crippen LogP contribution in [0.4, 0.5) is 10.2 Å².